The Hall–Kier alpha value is -4.20. The minimum absolute atomic E-state index is 0.0233. The minimum atomic E-state index is -1.08. The van der Waals surface area contributed by atoms with E-state index in [1.807, 2.05) is 48.5 Å². The first-order valence-electron chi connectivity index (χ1n) is 10.8. The van der Waals surface area contributed by atoms with E-state index in [1.54, 1.807) is 12.1 Å². The van der Waals surface area contributed by atoms with Gasteiger partial charge in [0.15, 0.2) is 0 Å². The zero-order valence-electron chi connectivity index (χ0n) is 18.4. The summed E-state index contributed by atoms with van der Waals surface area (Å²) in [5.41, 5.74) is 7.73. The minimum Gasteiger partial charge on any atom is -0.445 e. The molecule has 176 valence electrons. The lowest BCUT2D eigenvalue weighted by molar-refractivity contribution is -0.128. The number of nitrogens with one attached hydrogen (secondary N) is 2. The lowest BCUT2D eigenvalue weighted by Crippen LogP contribution is -2.54. The van der Waals surface area contributed by atoms with Gasteiger partial charge in [-0.15, -0.1) is 0 Å². The summed E-state index contributed by atoms with van der Waals surface area (Å²) in [5, 5.41) is 5.16. The molecular weight excluding hydrogens is 437 g/mol. The highest BCUT2D eigenvalue weighted by atomic mass is 19.1. The third kappa shape index (κ3) is 7.74. The number of carbonyl (C=O) groups is 3. The molecule has 3 aromatic rings. The Morgan fingerprint density at radius 3 is 1.85 bits per heavy atom. The van der Waals surface area contributed by atoms with Gasteiger partial charge in [-0.2, -0.15) is 0 Å². The molecule has 34 heavy (non-hydrogen) atoms. The van der Waals surface area contributed by atoms with Crippen molar-refractivity contribution in [1.82, 2.24) is 10.6 Å². The van der Waals surface area contributed by atoms with Gasteiger partial charge in [0.1, 0.15) is 24.5 Å². The van der Waals surface area contributed by atoms with Crippen molar-refractivity contribution in [2.75, 3.05) is 0 Å². The number of nitrogens with two attached hydrogens (primary N) is 1. The lowest BCUT2D eigenvalue weighted by Gasteiger charge is -2.22. The topological polar surface area (TPSA) is 111 Å². The van der Waals surface area contributed by atoms with E-state index in [0.717, 1.165) is 11.1 Å². The maximum Gasteiger partial charge on any atom is 0.408 e. The first-order chi connectivity index (χ1) is 16.4. The maximum absolute atomic E-state index is 13.3. The van der Waals surface area contributed by atoms with Gasteiger partial charge in [0.2, 0.25) is 11.8 Å². The molecule has 0 aliphatic carbocycles. The average Bonchev–Trinajstić information content (AvgIpc) is 2.84. The SMILES string of the molecule is NC(=O)[C@H](Cc1ccccc1)NC(=O)C(Cc1ccc(F)cc1)NC(=O)OCc1ccccc1. The van der Waals surface area contributed by atoms with E-state index in [9.17, 15) is 18.8 Å². The number of hydrogen-bond donors (Lipinski definition) is 3. The molecule has 8 heteroatoms. The zero-order valence-corrected chi connectivity index (χ0v) is 18.4. The fourth-order valence-electron chi connectivity index (χ4n) is 3.32. The van der Waals surface area contributed by atoms with Crippen molar-refractivity contribution in [3.63, 3.8) is 0 Å². The largest absolute Gasteiger partial charge is 0.445 e. The summed E-state index contributed by atoms with van der Waals surface area (Å²) in [7, 11) is 0. The first kappa shape index (κ1) is 24.4. The predicted molar refractivity (Wildman–Crippen MR) is 125 cm³/mol. The Morgan fingerprint density at radius 2 is 1.26 bits per heavy atom. The first-order valence-corrected chi connectivity index (χ1v) is 10.8. The average molecular weight is 464 g/mol. The second-order valence-electron chi connectivity index (χ2n) is 7.74. The number of halogens is 1. The summed E-state index contributed by atoms with van der Waals surface area (Å²) < 4.78 is 18.5. The van der Waals surface area contributed by atoms with Crippen LogP contribution in [0.3, 0.4) is 0 Å². The van der Waals surface area contributed by atoms with Crippen molar-refractivity contribution >= 4 is 17.9 Å². The van der Waals surface area contributed by atoms with Crippen LogP contribution in [0, 0.1) is 5.82 Å². The van der Waals surface area contributed by atoms with Gasteiger partial charge in [0.05, 0.1) is 0 Å². The van der Waals surface area contributed by atoms with Crippen molar-refractivity contribution < 1.29 is 23.5 Å². The van der Waals surface area contributed by atoms with Crippen LogP contribution in [-0.2, 0) is 33.8 Å². The quantitative estimate of drug-likeness (QED) is 0.429. The zero-order chi connectivity index (χ0) is 24.3. The molecule has 0 fully saturated rings. The molecule has 2 atom stereocenters. The van der Waals surface area contributed by atoms with Crippen LogP contribution in [-0.4, -0.2) is 30.0 Å². The van der Waals surface area contributed by atoms with E-state index < -0.39 is 35.8 Å². The van der Waals surface area contributed by atoms with Crippen LogP contribution in [0.5, 0.6) is 0 Å². The van der Waals surface area contributed by atoms with Crippen LogP contribution in [0.25, 0.3) is 0 Å². The molecule has 0 saturated carbocycles. The summed E-state index contributed by atoms with van der Waals surface area (Å²) in [4.78, 5) is 37.5. The van der Waals surface area contributed by atoms with E-state index >= 15 is 0 Å². The molecule has 3 amide bonds. The molecule has 1 unspecified atom stereocenters. The van der Waals surface area contributed by atoms with E-state index in [1.165, 1.54) is 24.3 Å². The Morgan fingerprint density at radius 1 is 0.735 bits per heavy atom. The Bertz CT molecular complexity index is 1090. The van der Waals surface area contributed by atoms with E-state index in [0.29, 0.717) is 5.56 Å². The number of ether oxygens (including phenoxy) is 1. The van der Waals surface area contributed by atoms with Gasteiger partial charge >= 0.3 is 6.09 Å². The van der Waals surface area contributed by atoms with Crippen molar-refractivity contribution in [3.8, 4) is 0 Å². The lowest BCUT2D eigenvalue weighted by atomic mass is 10.0. The molecule has 0 saturated heterocycles. The summed E-state index contributed by atoms with van der Waals surface area (Å²) in [5.74, 6) is -1.73. The van der Waals surface area contributed by atoms with Gasteiger partial charge in [-0.3, -0.25) is 9.59 Å². The smallest absolute Gasteiger partial charge is 0.408 e. The fourth-order valence-corrected chi connectivity index (χ4v) is 3.32. The molecule has 0 bridgehead atoms. The van der Waals surface area contributed by atoms with Crippen LogP contribution in [0.1, 0.15) is 16.7 Å². The molecule has 0 aliphatic rings. The molecule has 0 aliphatic heterocycles. The molecular formula is C26H26FN3O4. The standard InChI is InChI=1S/C26H26FN3O4/c27-21-13-11-19(12-14-21)16-23(30-26(33)34-17-20-9-5-2-6-10-20)25(32)29-22(24(28)31)15-18-7-3-1-4-8-18/h1-14,22-23H,15-17H2,(H2,28,31)(H,29,32)(H,30,33)/t22-,23?/m0/s1. The number of primary amides is 1. The second-order valence-corrected chi connectivity index (χ2v) is 7.74. The summed E-state index contributed by atoms with van der Waals surface area (Å²) in [6, 6.07) is 21.7. The third-order valence-corrected chi connectivity index (χ3v) is 5.12. The molecule has 0 aromatic heterocycles. The highest BCUT2D eigenvalue weighted by Gasteiger charge is 2.26. The highest BCUT2D eigenvalue weighted by Crippen LogP contribution is 2.09. The van der Waals surface area contributed by atoms with Crippen molar-refractivity contribution in [1.29, 1.82) is 0 Å². The van der Waals surface area contributed by atoms with Crippen LogP contribution in [0.15, 0.2) is 84.9 Å². The Balaban J connectivity index is 1.70. The molecule has 0 spiro atoms. The fraction of sp³-hybridized carbons (Fsp3) is 0.192. The molecule has 3 rings (SSSR count). The predicted octanol–water partition coefficient (Wildman–Crippen LogP) is 2.88. The number of carbonyl (C=O) groups excluding carboxylic acids is 3. The number of benzene rings is 3. The number of rotatable bonds is 10. The van der Waals surface area contributed by atoms with E-state index in [-0.39, 0.29) is 19.4 Å². The van der Waals surface area contributed by atoms with Gasteiger partial charge < -0.3 is 21.1 Å². The number of alkyl carbamates (subject to hydrolysis) is 1. The summed E-state index contributed by atoms with van der Waals surface area (Å²) >= 11 is 0. The molecule has 0 radical (unpaired) electrons. The van der Waals surface area contributed by atoms with Gasteiger partial charge in [-0.25, -0.2) is 9.18 Å². The van der Waals surface area contributed by atoms with E-state index in [2.05, 4.69) is 10.6 Å². The molecule has 3 aromatic carbocycles. The van der Waals surface area contributed by atoms with E-state index in [4.69, 9.17) is 10.5 Å². The Labute approximate surface area is 197 Å². The van der Waals surface area contributed by atoms with Gasteiger partial charge in [-0.1, -0.05) is 72.8 Å². The molecule has 0 heterocycles. The maximum atomic E-state index is 13.3. The molecule has 7 nitrogen and oxygen atoms in total. The number of amides is 3. The van der Waals surface area contributed by atoms with Crippen LogP contribution >= 0.6 is 0 Å². The van der Waals surface area contributed by atoms with Crippen LogP contribution in [0.4, 0.5) is 9.18 Å². The highest BCUT2D eigenvalue weighted by molar-refractivity contribution is 5.91. The van der Waals surface area contributed by atoms with Gasteiger partial charge in [-0.05, 0) is 28.8 Å². The molecule has 4 N–H and O–H groups in total. The van der Waals surface area contributed by atoms with Crippen LogP contribution in [0.2, 0.25) is 0 Å². The summed E-state index contributed by atoms with van der Waals surface area (Å²) in [6.07, 6.45) is -0.544. The van der Waals surface area contributed by atoms with Crippen molar-refractivity contribution in [2.24, 2.45) is 5.73 Å². The van der Waals surface area contributed by atoms with Gasteiger partial charge in [0.25, 0.3) is 0 Å². The van der Waals surface area contributed by atoms with Gasteiger partial charge in [0, 0.05) is 12.8 Å². The van der Waals surface area contributed by atoms with Crippen LogP contribution < -0.4 is 16.4 Å². The van der Waals surface area contributed by atoms with Crippen molar-refractivity contribution in [2.45, 2.75) is 31.5 Å². The Kier molecular flexibility index (Phi) is 8.73. The normalized spacial score (nSPS) is 12.3. The van der Waals surface area contributed by atoms with Crippen molar-refractivity contribution in [3.05, 3.63) is 107 Å². The summed E-state index contributed by atoms with van der Waals surface area (Å²) in [6.45, 7) is 0.0233. The number of hydrogen-bond acceptors (Lipinski definition) is 4. The third-order valence-electron chi connectivity index (χ3n) is 5.12. The second kappa shape index (κ2) is 12.2. The monoisotopic (exact) mass is 463 g/mol.